The molecule has 1 aromatic rings. The topological polar surface area (TPSA) is 73.6 Å². The van der Waals surface area contributed by atoms with Gasteiger partial charge in [-0.15, -0.1) is 5.10 Å². The Labute approximate surface area is 114 Å². The Morgan fingerprint density at radius 3 is 2.74 bits per heavy atom. The molecule has 19 heavy (non-hydrogen) atoms. The first-order valence-corrected chi connectivity index (χ1v) is 7.09. The molecule has 2 N–H and O–H groups in total. The lowest BCUT2D eigenvalue weighted by Crippen LogP contribution is -2.32. The summed E-state index contributed by atoms with van der Waals surface area (Å²) in [5.41, 5.74) is 0.546. The van der Waals surface area contributed by atoms with Crippen LogP contribution < -0.4 is 10.6 Å². The number of nitrogens with zero attached hydrogens (tertiary/aromatic N) is 3. The van der Waals surface area contributed by atoms with Crippen molar-refractivity contribution in [1.29, 1.82) is 5.26 Å². The molecule has 0 bridgehead atoms. The fraction of sp³-hybridized carbons (Fsp3) is 0.643. The molecular weight excluding hydrogens is 238 g/mol. The zero-order chi connectivity index (χ0) is 13.3. The summed E-state index contributed by atoms with van der Waals surface area (Å²) in [6.45, 7) is 1.66. The summed E-state index contributed by atoms with van der Waals surface area (Å²) >= 11 is 0. The van der Waals surface area contributed by atoms with Gasteiger partial charge in [-0.05, 0) is 18.9 Å². The Balaban J connectivity index is 1.70. The van der Waals surface area contributed by atoms with Gasteiger partial charge in [0.05, 0.1) is 11.8 Å². The maximum absolute atomic E-state index is 8.94. The van der Waals surface area contributed by atoms with Crippen LogP contribution in [0.15, 0.2) is 12.3 Å². The second kappa shape index (κ2) is 7.70. The SMILES string of the molecule is N#Cc1ccnnc1NCCNC1CCCCCC1. The van der Waals surface area contributed by atoms with Crippen LogP contribution in [0.2, 0.25) is 0 Å². The molecule has 102 valence electrons. The minimum atomic E-state index is 0.546. The maximum atomic E-state index is 8.94. The monoisotopic (exact) mass is 259 g/mol. The molecule has 5 heteroatoms. The van der Waals surface area contributed by atoms with Crippen molar-refractivity contribution in [3.8, 4) is 6.07 Å². The van der Waals surface area contributed by atoms with Crippen molar-refractivity contribution >= 4 is 5.82 Å². The molecule has 5 nitrogen and oxygen atoms in total. The van der Waals surface area contributed by atoms with Crippen LogP contribution in [0.4, 0.5) is 5.82 Å². The van der Waals surface area contributed by atoms with E-state index in [-0.39, 0.29) is 0 Å². The van der Waals surface area contributed by atoms with Crippen molar-refractivity contribution in [3.05, 3.63) is 17.8 Å². The normalized spacial score (nSPS) is 16.6. The lowest BCUT2D eigenvalue weighted by atomic mass is 10.1. The summed E-state index contributed by atoms with van der Waals surface area (Å²) in [5, 5.41) is 23.4. The minimum absolute atomic E-state index is 0.546. The molecule has 0 atom stereocenters. The molecule has 0 aliphatic heterocycles. The van der Waals surface area contributed by atoms with E-state index in [1.807, 2.05) is 0 Å². The maximum Gasteiger partial charge on any atom is 0.166 e. The smallest absolute Gasteiger partial charge is 0.166 e. The molecular formula is C14H21N5. The summed E-state index contributed by atoms with van der Waals surface area (Å²) in [4.78, 5) is 0. The Bertz CT molecular complexity index is 418. The molecule has 1 heterocycles. The summed E-state index contributed by atoms with van der Waals surface area (Å²) < 4.78 is 0. The zero-order valence-electron chi connectivity index (χ0n) is 11.2. The summed E-state index contributed by atoms with van der Waals surface area (Å²) in [5.74, 6) is 0.577. The van der Waals surface area contributed by atoms with Gasteiger partial charge in [-0.25, -0.2) is 0 Å². The third-order valence-corrected chi connectivity index (χ3v) is 3.55. The second-order valence-corrected chi connectivity index (χ2v) is 4.97. The number of hydrogen-bond acceptors (Lipinski definition) is 5. The lowest BCUT2D eigenvalue weighted by Gasteiger charge is -2.16. The van der Waals surface area contributed by atoms with E-state index in [2.05, 4.69) is 26.9 Å². The molecule has 2 rings (SSSR count). The van der Waals surface area contributed by atoms with Crippen LogP contribution in [0.25, 0.3) is 0 Å². The van der Waals surface area contributed by atoms with E-state index in [9.17, 15) is 0 Å². The first-order chi connectivity index (χ1) is 9.40. The summed E-state index contributed by atoms with van der Waals surface area (Å²) in [6.07, 6.45) is 9.54. The van der Waals surface area contributed by atoms with Crippen LogP contribution in [0.3, 0.4) is 0 Å². The van der Waals surface area contributed by atoms with E-state index in [1.54, 1.807) is 6.07 Å². The molecule has 1 aliphatic carbocycles. The highest BCUT2D eigenvalue weighted by atomic mass is 15.2. The highest BCUT2D eigenvalue weighted by molar-refractivity contribution is 5.49. The van der Waals surface area contributed by atoms with Gasteiger partial charge in [-0.3, -0.25) is 0 Å². The van der Waals surface area contributed by atoms with E-state index < -0.39 is 0 Å². The number of hydrogen-bond donors (Lipinski definition) is 2. The second-order valence-electron chi connectivity index (χ2n) is 4.97. The molecule has 0 radical (unpaired) electrons. The molecule has 0 amide bonds. The highest BCUT2D eigenvalue weighted by Crippen LogP contribution is 2.16. The van der Waals surface area contributed by atoms with Crippen LogP contribution in [0, 0.1) is 11.3 Å². The standard InChI is InChI=1S/C14H21N5/c15-11-12-7-8-18-19-14(12)17-10-9-16-13-5-3-1-2-4-6-13/h7-8,13,16H,1-6,9-10H2,(H,17,19). The summed E-state index contributed by atoms with van der Waals surface area (Å²) in [7, 11) is 0. The van der Waals surface area contributed by atoms with Crippen molar-refractivity contribution in [2.75, 3.05) is 18.4 Å². The minimum Gasteiger partial charge on any atom is -0.366 e. The first kappa shape index (κ1) is 13.8. The fourth-order valence-corrected chi connectivity index (χ4v) is 2.49. The fourth-order valence-electron chi connectivity index (χ4n) is 2.49. The van der Waals surface area contributed by atoms with Crippen LogP contribution in [0.1, 0.15) is 44.1 Å². The molecule has 1 aromatic heterocycles. The quantitative estimate of drug-likeness (QED) is 0.625. The van der Waals surface area contributed by atoms with E-state index >= 15 is 0 Å². The van der Waals surface area contributed by atoms with Gasteiger partial charge in [0, 0.05) is 19.1 Å². The van der Waals surface area contributed by atoms with Gasteiger partial charge in [-0.2, -0.15) is 10.4 Å². The van der Waals surface area contributed by atoms with Gasteiger partial charge in [0.25, 0.3) is 0 Å². The van der Waals surface area contributed by atoms with Crippen molar-refractivity contribution < 1.29 is 0 Å². The zero-order valence-corrected chi connectivity index (χ0v) is 11.2. The molecule has 1 fully saturated rings. The third kappa shape index (κ3) is 4.49. The first-order valence-electron chi connectivity index (χ1n) is 7.09. The molecule has 0 spiro atoms. The van der Waals surface area contributed by atoms with Gasteiger partial charge >= 0.3 is 0 Å². The molecule has 0 aromatic carbocycles. The summed E-state index contributed by atoms with van der Waals surface area (Å²) in [6, 6.07) is 4.44. The van der Waals surface area contributed by atoms with E-state index in [1.165, 1.54) is 44.7 Å². The van der Waals surface area contributed by atoms with Gasteiger partial charge < -0.3 is 10.6 Å². The van der Waals surface area contributed by atoms with Gasteiger partial charge in [0.2, 0.25) is 0 Å². The number of nitriles is 1. The van der Waals surface area contributed by atoms with E-state index in [0.29, 0.717) is 17.4 Å². The Kier molecular flexibility index (Phi) is 5.57. The Hall–Kier alpha value is -1.67. The molecule has 0 unspecified atom stereocenters. The molecule has 1 saturated carbocycles. The van der Waals surface area contributed by atoms with Crippen molar-refractivity contribution in [1.82, 2.24) is 15.5 Å². The van der Waals surface area contributed by atoms with Crippen LogP contribution in [0.5, 0.6) is 0 Å². The number of aromatic nitrogens is 2. The third-order valence-electron chi connectivity index (χ3n) is 3.55. The van der Waals surface area contributed by atoms with E-state index in [0.717, 1.165) is 13.1 Å². The van der Waals surface area contributed by atoms with E-state index in [4.69, 9.17) is 5.26 Å². The van der Waals surface area contributed by atoms with Crippen LogP contribution >= 0.6 is 0 Å². The predicted octanol–water partition coefficient (Wildman–Crippen LogP) is 2.07. The molecule has 1 aliphatic rings. The largest absolute Gasteiger partial charge is 0.366 e. The van der Waals surface area contributed by atoms with Crippen LogP contribution in [-0.2, 0) is 0 Å². The Morgan fingerprint density at radius 2 is 2.00 bits per heavy atom. The predicted molar refractivity (Wildman–Crippen MR) is 74.7 cm³/mol. The number of rotatable bonds is 5. The lowest BCUT2D eigenvalue weighted by molar-refractivity contribution is 0.468. The average Bonchev–Trinajstić information content (AvgIpc) is 2.72. The number of nitrogens with one attached hydrogen (secondary N) is 2. The van der Waals surface area contributed by atoms with Gasteiger partial charge in [0.1, 0.15) is 6.07 Å². The number of anilines is 1. The van der Waals surface area contributed by atoms with Crippen molar-refractivity contribution in [3.63, 3.8) is 0 Å². The average molecular weight is 259 g/mol. The molecule has 0 saturated heterocycles. The van der Waals surface area contributed by atoms with Crippen molar-refractivity contribution in [2.24, 2.45) is 0 Å². The van der Waals surface area contributed by atoms with Gasteiger partial charge in [0.15, 0.2) is 5.82 Å². The van der Waals surface area contributed by atoms with Gasteiger partial charge in [-0.1, -0.05) is 25.7 Å². The Morgan fingerprint density at radius 1 is 1.21 bits per heavy atom. The van der Waals surface area contributed by atoms with Crippen LogP contribution in [-0.4, -0.2) is 29.3 Å². The highest BCUT2D eigenvalue weighted by Gasteiger charge is 2.10. The van der Waals surface area contributed by atoms with Crippen molar-refractivity contribution in [2.45, 2.75) is 44.6 Å².